The fourth-order valence-corrected chi connectivity index (χ4v) is 3.25. The van der Waals surface area contributed by atoms with Crippen molar-refractivity contribution in [3.05, 3.63) is 41.5 Å². The lowest BCUT2D eigenvalue weighted by molar-refractivity contribution is 0.177. The first-order chi connectivity index (χ1) is 14.1. The molecule has 1 aliphatic rings. The van der Waals surface area contributed by atoms with Crippen molar-refractivity contribution in [1.29, 1.82) is 0 Å². The molecule has 0 aliphatic carbocycles. The summed E-state index contributed by atoms with van der Waals surface area (Å²) in [6.45, 7) is 6.91. The number of hydrogen-bond acceptors (Lipinski definition) is 5. The minimum Gasteiger partial charge on any atom is -0.493 e. The topological polar surface area (TPSA) is 85.6 Å². The van der Waals surface area contributed by atoms with Gasteiger partial charge in [0, 0.05) is 33.2 Å². The lowest BCUT2D eigenvalue weighted by atomic mass is 10.1. The average molecular weight is 401 g/mol. The maximum absolute atomic E-state index is 5.82. The molecule has 0 saturated heterocycles. The van der Waals surface area contributed by atoms with Crippen molar-refractivity contribution in [2.24, 2.45) is 10.9 Å². The standard InChI is InChI=1S/C21H32N6O2/c1-15(2)13-29-18-7-5-6-16(10-18)11-23-21(22-3)24-17-8-9-20-25-19(14-28-4)26-27(20)12-17/h5-7,10,15,17H,8-9,11-14H2,1-4H3,(H2,22,23,24). The highest BCUT2D eigenvalue weighted by Gasteiger charge is 2.22. The van der Waals surface area contributed by atoms with Crippen LogP contribution in [0.15, 0.2) is 29.3 Å². The molecule has 1 unspecified atom stereocenters. The van der Waals surface area contributed by atoms with E-state index < -0.39 is 0 Å². The van der Waals surface area contributed by atoms with Crippen LogP contribution < -0.4 is 15.4 Å². The Kier molecular flexibility index (Phi) is 7.46. The molecule has 1 aromatic carbocycles. The van der Waals surface area contributed by atoms with E-state index in [1.165, 1.54) is 0 Å². The normalized spacial score (nSPS) is 16.6. The highest BCUT2D eigenvalue weighted by molar-refractivity contribution is 5.79. The Morgan fingerprint density at radius 3 is 3.00 bits per heavy atom. The van der Waals surface area contributed by atoms with Crippen LogP contribution in [0, 0.1) is 5.92 Å². The van der Waals surface area contributed by atoms with Crippen LogP contribution in [-0.2, 0) is 30.9 Å². The van der Waals surface area contributed by atoms with Crippen molar-refractivity contribution in [2.45, 2.75) is 52.4 Å². The molecule has 8 nitrogen and oxygen atoms in total. The Morgan fingerprint density at radius 1 is 1.38 bits per heavy atom. The molecule has 0 radical (unpaired) electrons. The Hall–Kier alpha value is -2.61. The zero-order chi connectivity index (χ0) is 20.6. The SMILES string of the molecule is CN=C(NCc1cccc(OCC(C)C)c1)NC1CCc2nc(COC)nn2C1. The molecule has 2 N–H and O–H groups in total. The molecule has 0 bridgehead atoms. The summed E-state index contributed by atoms with van der Waals surface area (Å²) in [4.78, 5) is 8.89. The van der Waals surface area contributed by atoms with E-state index in [0.29, 0.717) is 19.1 Å². The predicted molar refractivity (Wildman–Crippen MR) is 113 cm³/mol. The molecule has 1 atom stereocenters. The van der Waals surface area contributed by atoms with Gasteiger partial charge < -0.3 is 20.1 Å². The number of hydrogen-bond donors (Lipinski definition) is 2. The number of aliphatic imine (C=N–C) groups is 1. The number of ether oxygens (including phenoxy) is 2. The summed E-state index contributed by atoms with van der Waals surface area (Å²) in [5.41, 5.74) is 1.15. The summed E-state index contributed by atoms with van der Waals surface area (Å²) < 4.78 is 12.9. The highest BCUT2D eigenvalue weighted by Crippen LogP contribution is 2.15. The van der Waals surface area contributed by atoms with Gasteiger partial charge in [-0.2, -0.15) is 5.10 Å². The fraction of sp³-hybridized carbons (Fsp3) is 0.571. The molecule has 0 saturated carbocycles. The molecule has 8 heteroatoms. The van der Waals surface area contributed by atoms with Gasteiger partial charge in [-0.1, -0.05) is 26.0 Å². The van der Waals surface area contributed by atoms with Gasteiger partial charge in [-0.25, -0.2) is 9.67 Å². The summed E-state index contributed by atoms with van der Waals surface area (Å²) in [6, 6.07) is 8.43. The van der Waals surface area contributed by atoms with Crippen molar-refractivity contribution < 1.29 is 9.47 Å². The first-order valence-electron chi connectivity index (χ1n) is 10.2. The Morgan fingerprint density at radius 2 is 2.24 bits per heavy atom. The van der Waals surface area contributed by atoms with Crippen LogP contribution in [0.25, 0.3) is 0 Å². The molecular formula is C21H32N6O2. The number of aromatic nitrogens is 3. The van der Waals surface area contributed by atoms with Crippen molar-refractivity contribution >= 4 is 5.96 Å². The third-order valence-electron chi connectivity index (χ3n) is 4.68. The van der Waals surface area contributed by atoms with Crippen molar-refractivity contribution in [2.75, 3.05) is 20.8 Å². The lowest BCUT2D eigenvalue weighted by Crippen LogP contribution is -2.46. The number of nitrogens with one attached hydrogen (secondary N) is 2. The molecule has 29 heavy (non-hydrogen) atoms. The summed E-state index contributed by atoms with van der Waals surface area (Å²) in [5.74, 6) is 3.95. The first-order valence-corrected chi connectivity index (χ1v) is 10.2. The molecule has 1 aromatic heterocycles. The zero-order valence-corrected chi connectivity index (χ0v) is 17.8. The number of guanidine groups is 1. The number of nitrogens with zero attached hydrogens (tertiary/aromatic N) is 4. The Labute approximate surface area is 172 Å². The molecule has 158 valence electrons. The first kappa shape index (κ1) is 21.1. The lowest BCUT2D eigenvalue weighted by Gasteiger charge is -2.25. The number of benzene rings is 1. The van der Waals surface area contributed by atoms with Crippen LogP contribution >= 0.6 is 0 Å². The van der Waals surface area contributed by atoms with Gasteiger partial charge >= 0.3 is 0 Å². The van der Waals surface area contributed by atoms with Crippen LogP contribution in [0.5, 0.6) is 5.75 Å². The Bertz CT molecular complexity index is 817. The van der Waals surface area contributed by atoms with E-state index >= 15 is 0 Å². The summed E-state index contributed by atoms with van der Waals surface area (Å²) >= 11 is 0. The monoisotopic (exact) mass is 400 g/mol. The van der Waals surface area contributed by atoms with Gasteiger partial charge in [0.1, 0.15) is 18.2 Å². The third-order valence-corrected chi connectivity index (χ3v) is 4.68. The minimum atomic E-state index is 0.256. The van der Waals surface area contributed by atoms with Crippen molar-refractivity contribution in [3.8, 4) is 5.75 Å². The van der Waals surface area contributed by atoms with E-state index in [-0.39, 0.29) is 6.04 Å². The maximum Gasteiger partial charge on any atom is 0.191 e. The second-order valence-corrected chi connectivity index (χ2v) is 7.72. The van der Waals surface area contributed by atoms with Crippen LogP contribution in [-0.4, -0.2) is 47.5 Å². The fourth-order valence-electron chi connectivity index (χ4n) is 3.25. The summed E-state index contributed by atoms with van der Waals surface area (Å²) in [7, 11) is 3.45. The van der Waals surface area contributed by atoms with E-state index in [1.54, 1.807) is 14.2 Å². The Balaban J connectivity index is 1.51. The van der Waals surface area contributed by atoms with Gasteiger partial charge in [-0.05, 0) is 30.0 Å². The van der Waals surface area contributed by atoms with E-state index in [1.807, 2.05) is 16.8 Å². The minimum absolute atomic E-state index is 0.256. The van der Waals surface area contributed by atoms with Gasteiger partial charge in [0.15, 0.2) is 11.8 Å². The van der Waals surface area contributed by atoms with Gasteiger partial charge in [-0.15, -0.1) is 0 Å². The molecule has 0 fully saturated rings. The number of rotatable bonds is 8. The second kappa shape index (κ2) is 10.2. The molecular weight excluding hydrogens is 368 g/mol. The van der Waals surface area contributed by atoms with Crippen LogP contribution in [0.3, 0.4) is 0 Å². The second-order valence-electron chi connectivity index (χ2n) is 7.72. The average Bonchev–Trinajstić information content (AvgIpc) is 3.11. The number of methoxy groups -OCH3 is 1. The highest BCUT2D eigenvalue weighted by atomic mass is 16.5. The number of aryl methyl sites for hydroxylation is 1. The van der Waals surface area contributed by atoms with Crippen LogP contribution in [0.4, 0.5) is 0 Å². The van der Waals surface area contributed by atoms with E-state index in [2.05, 4.69) is 51.7 Å². The van der Waals surface area contributed by atoms with Crippen molar-refractivity contribution in [3.63, 3.8) is 0 Å². The molecule has 2 heterocycles. The molecule has 1 aliphatic heterocycles. The van der Waals surface area contributed by atoms with E-state index in [4.69, 9.17) is 9.47 Å². The van der Waals surface area contributed by atoms with E-state index in [9.17, 15) is 0 Å². The largest absolute Gasteiger partial charge is 0.493 e. The summed E-state index contributed by atoms with van der Waals surface area (Å²) in [6.07, 6.45) is 1.88. The van der Waals surface area contributed by atoms with Crippen molar-refractivity contribution in [1.82, 2.24) is 25.4 Å². The quantitative estimate of drug-likeness (QED) is 0.522. The maximum atomic E-state index is 5.82. The number of fused-ring (bicyclic) bond motifs is 1. The zero-order valence-electron chi connectivity index (χ0n) is 17.8. The third kappa shape index (κ3) is 6.19. The molecule has 3 rings (SSSR count). The summed E-state index contributed by atoms with van der Waals surface area (Å²) in [5, 5.41) is 11.4. The van der Waals surface area contributed by atoms with Gasteiger partial charge in [0.05, 0.1) is 13.2 Å². The smallest absolute Gasteiger partial charge is 0.191 e. The predicted octanol–water partition coefficient (Wildman–Crippen LogP) is 2.14. The van der Waals surface area contributed by atoms with Gasteiger partial charge in [0.2, 0.25) is 0 Å². The van der Waals surface area contributed by atoms with E-state index in [0.717, 1.165) is 54.9 Å². The molecule has 0 spiro atoms. The van der Waals surface area contributed by atoms with Gasteiger partial charge in [-0.3, -0.25) is 4.99 Å². The molecule has 0 amide bonds. The van der Waals surface area contributed by atoms with Crippen LogP contribution in [0.2, 0.25) is 0 Å². The van der Waals surface area contributed by atoms with Gasteiger partial charge in [0.25, 0.3) is 0 Å². The van der Waals surface area contributed by atoms with Crippen LogP contribution in [0.1, 0.15) is 37.5 Å². The molecule has 2 aromatic rings.